The molecule has 8 N–H and O–H groups in total. The molecular formula is C62H63ClF4N10O13S2. The molecule has 2 atom stereocenters. The number of aliphatic carboxylic acids is 2. The summed E-state index contributed by atoms with van der Waals surface area (Å²) >= 11 is 8.48. The molecule has 8 aromatic rings. The number of amides is 3. The molecule has 1 aliphatic rings. The summed E-state index contributed by atoms with van der Waals surface area (Å²) in [6.07, 6.45) is -3.10. The van der Waals surface area contributed by atoms with Crippen LogP contribution in [-0.2, 0) is 44.1 Å². The number of likely N-dealkylation sites (N-methyl/N-ethyl adjacent to an activating group) is 1. The molecule has 1 aliphatic heterocycles. The van der Waals surface area contributed by atoms with Gasteiger partial charge in [-0.25, -0.2) is 47.1 Å². The zero-order valence-corrected chi connectivity index (χ0v) is 52.0. The minimum Gasteiger partial charge on any atom is -0.744 e. The number of alkyl halides is 3. The van der Waals surface area contributed by atoms with Crippen LogP contribution < -0.4 is 41.0 Å². The fourth-order valence-corrected chi connectivity index (χ4v) is 12.1. The molecule has 1 fully saturated rings. The molecular weight excluding hydrogens is 1270 g/mol. The summed E-state index contributed by atoms with van der Waals surface area (Å²) in [7, 11) is -1.37. The number of carbonyl (C=O) groups excluding carboxylic acids is 2. The lowest BCUT2D eigenvalue weighted by Gasteiger charge is -2.42. The Morgan fingerprint density at radius 3 is 2.26 bits per heavy atom. The van der Waals surface area contributed by atoms with E-state index in [1.165, 1.54) is 41.9 Å². The van der Waals surface area contributed by atoms with Crippen LogP contribution in [0.15, 0.2) is 127 Å². The number of hydrogen-bond donors (Lipinski definition) is 6. The number of quaternary nitrogens is 1. The van der Waals surface area contributed by atoms with Crippen LogP contribution in [0.3, 0.4) is 0 Å². The first-order valence-corrected chi connectivity index (χ1v) is 30.9. The highest BCUT2D eigenvalue weighted by Crippen LogP contribution is 2.50. The highest BCUT2D eigenvalue weighted by atomic mass is 35.5. The number of aromatic nitrogens is 4. The summed E-state index contributed by atoms with van der Waals surface area (Å²) in [6, 6.07) is 28.4. The normalized spacial score (nSPS) is 13.8. The molecule has 5 aromatic carbocycles. The number of para-hydroxylation sites is 2. The van der Waals surface area contributed by atoms with Gasteiger partial charge in [-0.3, -0.25) is 9.69 Å². The van der Waals surface area contributed by atoms with Crippen LogP contribution >= 0.6 is 22.9 Å². The Balaban J connectivity index is 0.00000147. The Morgan fingerprint density at radius 1 is 0.891 bits per heavy atom. The van der Waals surface area contributed by atoms with Crippen molar-refractivity contribution in [3.63, 3.8) is 0 Å². The average Bonchev–Trinajstić information content (AvgIpc) is 1.58. The van der Waals surface area contributed by atoms with Gasteiger partial charge in [0.05, 0.1) is 59.9 Å². The molecule has 30 heteroatoms. The number of nitrogens with one attached hydrogen (secondary N) is 2. The minimum atomic E-state index is -5.08. The quantitative estimate of drug-likeness (QED) is 0.0135. The molecule has 92 heavy (non-hydrogen) atoms. The summed E-state index contributed by atoms with van der Waals surface area (Å²) in [4.78, 5) is 67.0. The van der Waals surface area contributed by atoms with Crippen LogP contribution in [0, 0.1) is 12.7 Å². The molecule has 1 saturated heterocycles. The van der Waals surface area contributed by atoms with Crippen molar-refractivity contribution in [2.75, 3.05) is 65.3 Å². The van der Waals surface area contributed by atoms with Gasteiger partial charge in [-0.2, -0.15) is 13.2 Å². The zero-order valence-electron chi connectivity index (χ0n) is 49.6. The Bertz CT molecular complexity index is 4090. The molecule has 9 rings (SSSR count). The second-order valence-electron chi connectivity index (χ2n) is 21.4. The van der Waals surface area contributed by atoms with Gasteiger partial charge < -0.3 is 60.3 Å². The predicted octanol–water partition coefficient (Wildman–Crippen LogP) is 8.84. The number of anilines is 1. The SMILES string of the molecule is COc1ccccc1-c1nccc(COc2ccccc2C[C@@H](Oc2ncnc3sc(-c4ccc(F)cc4)c(-c4ccc(OCCN5CC[N+](C)(Cc6ccc(NC(=O)[C@@H](N)CCCNC(N)=O)cc6S(=O)(=O)[O-])CC5)c(Cl)c4C)c23)C(=O)O)n1.O=C(O)C(F)(F)F. The van der Waals surface area contributed by atoms with Crippen molar-refractivity contribution in [2.45, 2.75) is 62.6 Å². The van der Waals surface area contributed by atoms with Gasteiger partial charge in [-0.15, -0.1) is 11.3 Å². The molecule has 0 radical (unpaired) electrons. The number of ether oxygens (including phenoxy) is 4. The lowest BCUT2D eigenvalue weighted by atomic mass is 9.96. The van der Waals surface area contributed by atoms with Crippen LogP contribution in [0.25, 0.3) is 43.2 Å². The van der Waals surface area contributed by atoms with Gasteiger partial charge in [-0.1, -0.05) is 66.2 Å². The standard InChI is InChI=1S/C60H62ClFN10O11S2.C2HF3O2/c1-36-43(20-21-48(53(36)61)81-30-27-71-25-28-72(2,29-26-71)33-39-16-19-41(32-50(39)85(77,78)79)70-56(73)45(63)11-8-23-66-60(64)76)51-52-57(67-35-68-58(52)84-54(51)37-14-17-40(62)18-15-37)83-49(59(74)75)31-38-9-4-6-12-46(38)82-34-42-22-24-65-55(69-42)44-10-5-7-13-47(44)80-3;3-2(4,5)1(6)7/h4-7,9-10,12-22,24,32,35,45,49H,8,11,23,25-31,33-34,63H2,1-3H3,(H5-,64,66,70,73,74,75,76,77,78,79);(H,6,7)/t45-,49+;/m0./s1. The predicted molar refractivity (Wildman–Crippen MR) is 332 cm³/mol. The number of carboxylic acid groups (broad SMARTS) is 2. The second kappa shape index (κ2) is 30.3. The van der Waals surface area contributed by atoms with E-state index in [1.54, 1.807) is 61.8 Å². The molecule has 0 unspecified atom stereocenters. The van der Waals surface area contributed by atoms with E-state index in [0.29, 0.717) is 131 Å². The Morgan fingerprint density at radius 2 is 1.59 bits per heavy atom. The lowest BCUT2D eigenvalue weighted by Crippen LogP contribution is -2.57. The highest BCUT2D eigenvalue weighted by Gasteiger charge is 2.38. The van der Waals surface area contributed by atoms with E-state index >= 15 is 0 Å². The fraction of sp³-hybridized carbons (Fsp3) is 0.290. The third-order valence-corrected chi connectivity index (χ3v) is 17.4. The summed E-state index contributed by atoms with van der Waals surface area (Å²) in [5.74, 6) is -3.09. The molecule has 486 valence electrons. The van der Waals surface area contributed by atoms with Gasteiger partial charge in [0.1, 0.15) is 64.1 Å². The number of fused-ring (bicyclic) bond motifs is 1. The van der Waals surface area contributed by atoms with Crippen molar-refractivity contribution >= 4 is 72.8 Å². The molecule has 3 amide bonds. The number of urea groups is 1. The minimum absolute atomic E-state index is 0.00823. The van der Waals surface area contributed by atoms with Gasteiger partial charge >= 0.3 is 24.1 Å². The number of carboxylic acids is 2. The Hall–Kier alpha value is -9.10. The van der Waals surface area contributed by atoms with E-state index in [0.717, 1.165) is 6.07 Å². The Kier molecular flexibility index (Phi) is 22.7. The molecule has 4 heterocycles. The number of carbonyl (C=O) groups is 4. The number of piperazine rings is 1. The number of benzene rings is 5. The van der Waals surface area contributed by atoms with E-state index in [1.807, 2.05) is 44.3 Å². The van der Waals surface area contributed by atoms with Gasteiger partial charge in [0, 0.05) is 60.5 Å². The first-order chi connectivity index (χ1) is 43.7. The highest BCUT2D eigenvalue weighted by molar-refractivity contribution is 7.85. The molecule has 23 nitrogen and oxygen atoms in total. The van der Waals surface area contributed by atoms with E-state index in [9.17, 15) is 50.0 Å². The van der Waals surface area contributed by atoms with Crippen molar-refractivity contribution in [2.24, 2.45) is 11.5 Å². The Labute approximate surface area is 534 Å². The third kappa shape index (κ3) is 17.9. The monoisotopic (exact) mass is 1330 g/mol. The van der Waals surface area contributed by atoms with Crippen LogP contribution in [0.5, 0.6) is 23.1 Å². The topological polar surface area (TPSA) is 334 Å². The molecule has 0 aliphatic carbocycles. The summed E-state index contributed by atoms with van der Waals surface area (Å²) in [6.45, 7) is 5.69. The van der Waals surface area contributed by atoms with Crippen molar-refractivity contribution in [1.29, 1.82) is 0 Å². The van der Waals surface area contributed by atoms with Crippen LogP contribution in [-0.4, -0.2) is 155 Å². The summed E-state index contributed by atoms with van der Waals surface area (Å²) in [5.41, 5.74) is 15.9. The third-order valence-electron chi connectivity index (χ3n) is 14.8. The summed E-state index contributed by atoms with van der Waals surface area (Å²) in [5, 5.41) is 23.6. The molecule has 0 saturated carbocycles. The number of halogens is 5. The van der Waals surface area contributed by atoms with Crippen molar-refractivity contribution in [1.82, 2.24) is 30.2 Å². The van der Waals surface area contributed by atoms with Gasteiger partial charge in [-0.05, 0) is 96.6 Å². The lowest BCUT2D eigenvalue weighted by molar-refractivity contribution is -0.926. The molecule has 0 spiro atoms. The number of rotatable bonds is 25. The first-order valence-electron chi connectivity index (χ1n) is 28.3. The largest absolute Gasteiger partial charge is 0.744 e. The maximum Gasteiger partial charge on any atom is 0.490 e. The smallest absolute Gasteiger partial charge is 0.490 e. The van der Waals surface area contributed by atoms with E-state index in [4.69, 9.17) is 56.9 Å². The number of methoxy groups -OCH3 is 1. The zero-order chi connectivity index (χ0) is 66.5. The van der Waals surface area contributed by atoms with Gasteiger partial charge in [0.2, 0.25) is 17.9 Å². The van der Waals surface area contributed by atoms with Crippen LogP contribution in [0.4, 0.5) is 28.0 Å². The number of nitrogens with two attached hydrogens (primary N) is 2. The van der Waals surface area contributed by atoms with Crippen molar-refractivity contribution in [3.05, 3.63) is 155 Å². The number of hydrogen-bond acceptors (Lipinski definition) is 18. The van der Waals surface area contributed by atoms with Gasteiger partial charge in [0.15, 0.2) is 5.82 Å². The second-order valence-corrected chi connectivity index (χ2v) is 24.1. The van der Waals surface area contributed by atoms with Crippen LogP contribution in [0.1, 0.15) is 35.2 Å². The first kappa shape index (κ1) is 68.8. The van der Waals surface area contributed by atoms with Crippen molar-refractivity contribution < 1.29 is 83.4 Å². The fourth-order valence-electron chi connectivity index (χ4n) is 9.98. The molecule has 0 bridgehead atoms. The number of primary amides is 1. The van der Waals surface area contributed by atoms with Crippen molar-refractivity contribution in [3.8, 4) is 56.1 Å². The maximum absolute atomic E-state index is 14.4. The maximum atomic E-state index is 14.4. The number of thiophene rings is 1. The summed E-state index contributed by atoms with van der Waals surface area (Å²) < 4.78 is 109. The van der Waals surface area contributed by atoms with E-state index in [2.05, 4.69) is 30.5 Å². The van der Waals surface area contributed by atoms with Gasteiger partial charge in [0.25, 0.3) is 0 Å². The van der Waals surface area contributed by atoms with Crippen LogP contribution in [0.2, 0.25) is 5.02 Å². The average molecular weight is 1330 g/mol. The van der Waals surface area contributed by atoms with E-state index in [-0.39, 0.29) is 50.7 Å². The number of nitrogens with zero attached hydrogens (tertiary/aromatic N) is 6. The molecule has 3 aromatic heterocycles. The van der Waals surface area contributed by atoms with E-state index < -0.39 is 63.0 Å².